The van der Waals surface area contributed by atoms with Crippen molar-refractivity contribution in [3.8, 4) is 0 Å². The molecule has 5 heteroatoms. The normalized spacial score (nSPS) is 14.7. The van der Waals surface area contributed by atoms with Gasteiger partial charge in [0, 0.05) is 38.1 Å². The lowest BCUT2D eigenvalue weighted by Crippen LogP contribution is -2.55. The highest BCUT2D eigenvalue weighted by Gasteiger charge is 2.29. The third-order valence-electron chi connectivity index (χ3n) is 3.86. The number of ether oxygens (including phenoxy) is 1. The van der Waals surface area contributed by atoms with E-state index in [-0.39, 0.29) is 11.6 Å². The van der Waals surface area contributed by atoms with Crippen LogP contribution in [-0.4, -0.2) is 28.3 Å². The van der Waals surface area contributed by atoms with Crippen LogP contribution in [0.3, 0.4) is 0 Å². The van der Waals surface area contributed by atoms with Gasteiger partial charge >= 0.3 is 6.09 Å². The molecule has 5 nitrogen and oxygen atoms in total. The standard InChI is InChI=1S/C17H31N3O2/c1-13(2)17(6,12-18-15(21)22-16(3,4)5)19-10-14-8-9-20(7)11-14/h8-9,11,13,19H,10,12H2,1-7H3,(H,18,21). The monoisotopic (exact) mass is 309 g/mol. The summed E-state index contributed by atoms with van der Waals surface area (Å²) in [4.78, 5) is 11.8. The van der Waals surface area contributed by atoms with E-state index in [4.69, 9.17) is 4.74 Å². The summed E-state index contributed by atoms with van der Waals surface area (Å²) in [6.45, 7) is 13.3. The Labute approximate surface area is 134 Å². The summed E-state index contributed by atoms with van der Waals surface area (Å²) < 4.78 is 7.33. The highest BCUT2D eigenvalue weighted by molar-refractivity contribution is 5.67. The smallest absolute Gasteiger partial charge is 0.407 e. The van der Waals surface area contributed by atoms with Crippen LogP contribution in [0.15, 0.2) is 18.5 Å². The second-order valence-electron chi connectivity index (χ2n) is 7.47. The number of aryl methyl sites for hydroxylation is 1. The van der Waals surface area contributed by atoms with E-state index in [1.807, 2.05) is 38.6 Å². The van der Waals surface area contributed by atoms with Crippen molar-refractivity contribution in [1.82, 2.24) is 15.2 Å². The van der Waals surface area contributed by atoms with Gasteiger partial charge in [-0.1, -0.05) is 13.8 Å². The van der Waals surface area contributed by atoms with Crippen molar-refractivity contribution in [3.05, 3.63) is 24.0 Å². The molecule has 0 aliphatic carbocycles. The van der Waals surface area contributed by atoms with Gasteiger partial charge in [0.1, 0.15) is 5.60 Å². The molecule has 0 saturated heterocycles. The van der Waals surface area contributed by atoms with E-state index < -0.39 is 5.60 Å². The Morgan fingerprint density at radius 1 is 1.32 bits per heavy atom. The van der Waals surface area contributed by atoms with Crippen molar-refractivity contribution in [2.75, 3.05) is 6.54 Å². The number of nitrogens with one attached hydrogen (secondary N) is 2. The summed E-state index contributed by atoms with van der Waals surface area (Å²) in [6.07, 6.45) is 3.75. The highest BCUT2D eigenvalue weighted by Crippen LogP contribution is 2.17. The first-order chi connectivity index (χ1) is 10.0. The molecule has 0 saturated carbocycles. The van der Waals surface area contributed by atoms with Gasteiger partial charge in [-0.2, -0.15) is 0 Å². The molecule has 1 amide bonds. The van der Waals surface area contributed by atoms with Crippen LogP contribution in [0.1, 0.15) is 47.1 Å². The van der Waals surface area contributed by atoms with Gasteiger partial charge in [-0.3, -0.25) is 0 Å². The topological polar surface area (TPSA) is 55.3 Å². The van der Waals surface area contributed by atoms with Crippen LogP contribution in [0.25, 0.3) is 0 Å². The predicted molar refractivity (Wildman–Crippen MR) is 89.7 cm³/mol. The molecule has 2 N–H and O–H groups in total. The fraction of sp³-hybridized carbons (Fsp3) is 0.706. The molecule has 22 heavy (non-hydrogen) atoms. The first-order valence-electron chi connectivity index (χ1n) is 7.84. The van der Waals surface area contributed by atoms with Gasteiger partial charge < -0.3 is 19.9 Å². The average molecular weight is 309 g/mol. The minimum atomic E-state index is -0.476. The Bertz CT molecular complexity index is 488. The van der Waals surface area contributed by atoms with E-state index in [1.165, 1.54) is 5.56 Å². The number of amides is 1. The van der Waals surface area contributed by atoms with E-state index in [0.29, 0.717) is 12.5 Å². The van der Waals surface area contributed by atoms with Crippen LogP contribution in [0.2, 0.25) is 0 Å². The molecule has 0 aromatic carbocycles. The second-order valence-corrected chi connectivity index (χ2v) is 7.47. The number of carbonyl (C=O) groups is 1. The fourth-order valence-corrected chi connectivity index (χ4v) is 2.01. The van der Waals surface area contributed by atoms with Gasteiger partial charge in [0.05, 0.1) is 0 Å². The Morgan fingerprint density at radius 2 is 1.95 bits per heavy atom. The number of hydrogen-bond donors (Lipinski definition) is 2. The molecule has 0 radical (unpaired) electrons. The zero-order valence-corrected chi connectivity index (χ0v) is 15.0. The Kier molecular flexibility index (Phi) is 6.06. The molecule has 0 fully saturated rings. The van der Waals surface area contributed by atoms with Crippen molar-refractivity contribution < 1.29 is 9.53 Å². The minimum Gasteiger partial charge on any atom is -0.444 e. The molecule has 1 unspecified atom stereocenters. The lowest BCUT2D eigenvalue weighted by molar-refractivity contribution is 0.0503. The summed E-state index contributed by atoms with van der Waals surface area (Å²) in [6, 6.07) is 2.09. The van der Waals surface area contributed by atoms with Gasteiger partial charge in [-0.05, 0) is 45.2 Å². The van der Waals surface area contributed by atoms with Crippen molar-refractivity contribution in [1.29, 1.82) is 0 Å². The summed E-state index contributed by atoms with van der Waals surface area (Å²) in [7, 11) is 2.01. The summed E-state index contributed by atoms with van der Waals surface area (Å²) in [5, 5.41) is 6.43. The van der Waals surface area contributed by atoms with Crippen LogP contribution in [0, 0.1) is 5.92 Å². The molecule has 0 bridgehead atoms. The number of aromatic nitrogens is 1. The highest BCUT2D eigenvalue weighted by atomic mass is 16.6. The van der Waals surface area contributed by atoms with Crippen molar-refractivity contribution in [2.45, 2.75) is 59.2 Å². The van der Waals surface area contributed by atoms with Crippen LogP contribution in [0.5, 0.6) is 0 Å². The zero-order chi connectivity index (χ0) is 17.0. The lowest BCUT2D eigenvalue weighted by Gasteiger charge is -2.35. The first kappa shape index (κ1) is 18.6. The van der Waals surface area contributed by atoms with Crippen LogP contribution in [-0.2, 0) is 18.3 Å². The number of nitrogens with zero attached hydrogens (tertiary/aromatic N) is 1. The summed E-state index contributed by atoms with van der Waals surface area (Å²) in [5.74, 6) is 0.367. The Balaban J connectivity index is 2.57. The molecule has 0 aliphatic heterocycles. The quantitative estimate of drug-likeness (QED) is 0.849. The van der Waals surface area contributed by atoms with E-state index in [9.17, 15) is 4.79 Å². The lowest BCUT2D eigenvalue weighted by atomic mass is 9.88. The molecule has 1 aromatic rings. The van der Waals surface area contributed by atoms with Crippen LogP contribution in [0.4, 0.5) is 4.79 Å². The molecule has 1 rings (SSSR count). The van der Waals surface area contributed by atoms with Crippen molar-refractivity contribution in [2.24, 2.45) is 13.0 Å². The van der Waals surface area contributed by atoms with Crippen LogP contribution < -0.4 is 10.6 Å². The fourth-order valence-electron chi connectivity index (χ4n) is 2.01. The maximum atomic E-state index is 11.8. The maximum absolute atomic E-state index is 11.8. The van der Waals surface area contributed by atoms with Gasteiger partial charge in [-0.25, -0.2) is 4.79 Å². The van der Waals surface area contributed by atoms with E-state index in [1.54, 1.807) is 0 Å². The number of alkyl carbamates (subject to hydrolysis) is 1. The molecule has 0 spiro atoms. The average Bonchev–Trinajstić information content (AvgIpc) is 2.77. The number of carbonyl (C=O) groups excluding carboxylic acids is 1. The largest absolute Gasteiger partial charge is 0.444 e. The molecule has 1 heterocycles. The maximum Gasteiger partial charge on any atom is 0.407 e. The third-order valence-corrected chi connectivity index (χ3v) is 3.86. The minimum absolute atomic E-state index is 0.202. The zero-order valence-electron chi connectivity index (χ0n) is 15.0. The van der Waals surface area contributed by atoms with E-state index in [2.05, 4.69) is 43.7 Å². The molecule has 0 aliphatic rings. The summed E-state index contributed by atoms with van der Waals surface area (Å²) >= 11 is 0. The SMILES string of the molecule is CC(C)C(C)(CNC(=O)OC(C)(C)C)NCc1ccn(C)c1. The molecule has 126 valence electrons. The Morgan fingerprint density at radius 3 is 2.41 bits per heavy atom. The number of rotatable bonds is 6. The second kappa shape index (κ2) is 7.18. The molecule has 1 aromatic heterocycles. The van der Waals surface area contributed by atoms with Gasteiger partial charge in [0.2, 0.25) is 0 Å². The van der Waals surface area contributed by atoms with Gasteiger partial charge in [0.15, 0.2) is 0 Å². The summed E-state index contributed by atoms with van der Waals surface area (Å²) in [5.41, 5.74) is 0.550. The van der Waals surface area contributed by atoms with Gasteiger partial charge in [0.25, 0.3) is 0 Å². The van der Waals surface area contributed by atoms with Crippen molar-refractivity contribution >= 4 is 6.09 Å². The van der Waals surface area contributed by atoms with E-state index >= 15 is 0 Å². The Hall–Kier alpha value is -1.49. The third kappa shape index (κ3) is 6.10. The number of hydrogen-bond acceptors (Lipinski definition) is 3. The molecular formula is C17H31N3O2. The molecule has 1 atom stereocenters. The van der Waals surface area contributed by atoms with Gasteiger partial charge in [-0.15, -0.1) is 0 Å². The van der Waals surface area contributed by atoms with E-state index in [0.717, 1.165) is 6.54 Å². The van der Waals surface area contributed by atoms with Crippen LogP contribution >= 0.6 is 0 Å². The molecular weight excluding hydrogens is 278 g/mol. The van der Waals surface area contributed by atoms with Crippen molar-refractivity contribution in [3.63, 3.8) is 0 Å². The predicted octanol–water partition coefficient (Wildman–Crippen LogP) is 3.05. The first-order valence-corrected chi connectivity index (χ1v) is 7.84.